The van der Waals surface area contributed by atoms with E-state index in [0.717, 1.165) is 18.4 Å². The maximum absolute atomic E-state index is 10.4. The lowest BCUT2D eigenvalue weighted by atomic mass is 10.1. The Labute approximate surface area is 129 Å². The molecule has 0 bridgehead atoms. The number of hydrogen-bond acceptors (Lipinski definition) is 4. The van der Waals surface area contributed by atoms with Gasteiger partial charge in [0.15, 0.2) is 5.82 Å². The van der Waals surface area contributed by atoms with Crippen molar-refractivity contribution in [3.8, 4) is 0 Å². The van der Waals surface area contributed by atoms with Crippen molar-refractivity contribution in [2.24, 2.45) is 0 Å². The summed E-state index contributed by atoms with van der Waals surface area (Å²) in [6.07, 6.45) is 6.49. The highest BCUT2D eigenvalue weighted by molar-refractivity contribution is 5.67. The van der Waals surface area contributed by atoms with E-state index in [1.54, 1.807) is 4.68 Å². The summed E-state index contributed by atoms with van der Waals surface area (Å²) in [6.45, 7) is 2.75. The number of aliphatic carboxylic acids is 1. The Bertz CT molecular complexity index is 632. The van der Waals surface area contributed by atoms with Crippen molar-refractivity contribution < 1.29 is 9.90 Å². The van der Waals surface area contributed by atoms with Gasteiger partial charge in [-0.1, -0.05) is 42.3 Å². The van der Waals surface area contributed by atoms with Gasteiger partial charge in [-0.3, -0.25) is 4.79 Å². The topological polar surface area (TPSA) is 80.9 Å². The van der Waals surface area contributed by atoms with Crippen LogP contribution in [0.5, 0.6) is 0 Å². The van der Waals surface area contributed by atoms with Gasteiger partial charge in [-0.25, -0.2) is 4.68 Å². The van der Waals surface area contributed by atoms with E-state index in [4.69, 9.17) is 5.11 Å². The predicted molar refractivity (Wildman–Crippen MR) is 84.0 cm³/mol. The maximum atomic E-state index is 10.4. The molecule has 0 aliphatic rings. The normalized spacial score (nSPS) is 11.1. The van der Waals surface area contributed by atoms with Gasteiger partial charge >= 0.3 is 5.97 Å². The molecule has 0 atom stereocenters. The molecule has 0 aliphatic heterocycles. The van der Waals surface area contributed by atoms with Gasteiger partial charge < -0.3 is 5.11 Å². The maximum Gasteiger partial charge on any atom is 0.303 e. The smallest absolute Gasteiger partial charge is 0.303 e. The number of hydrogen-bond donors (Lipinski definition) is 1. The molecule has 0 spiro atoms. The molecule has 22 heavy (non-hydrogen) atoms. The number of carbonyl (C=O) groups is 1. The second kappa shape index (κ2) is 8.07. The van der Waals surface area contributed by atoms with E-state index in [9.17, 15) is 4.79 Å². The summed E-state index contributed by atoms with van der Waals surface area (Å²) < 4.78 is 1.74. The van der Waals surface area contributed by atoms with Crippen molar-refractivity contribution in [3.05, 3.63) is 41.2 Å². The van der Waals surface area contributed by atoms with Crippen LogP contribution in [-0.4, -0.2) is 31.3 Å². The summed E-state index contributed by atoms with van der Waals surface area (Å²) in [5.74, 6) is -0.0389. The van der Waals surface area contributed by atoms with Crippen LogP contribution in [0.25, 0.3) is 12.2 Å². The second-order valence-corrected chi connectivity index (χ2v) is 5.21. The van der Waals surface area contributed by atoms with E-state index in [-0.39, 0.29) is 6.42 Å². The summed E-state index contributed by atoms with van der Waals surface area (Å²) in [7, 11) is 0. The number of nitrogens with zero attached hydrogens (tertiary/aromatic N) is 4. The molecular weight excluding hydrogens is 280 g/mol. The highest BCUT2D eigenvalue weighted by atomic mass is 16.4. The second-order valence-electron chi connectivity index (χ2n) is 5.21. The molecule has 6 nitrogen and oxygen atoms in total. The Balaban J connectivity index is 1.86. The summed E-state index contributed by atoms with van der Waals surface area (Å²) in [6, 6.07) is 8.22. The lowest BCUT2D eigenvalue weighted by Crippen LogP contribution is -2.03. The molecule has 1 aromatic heterocycles. The largest absolute Gasteiger partial charge is 0.481 e. The van der Waals surface area contributed by atoms with Crippen LogP contribution in [-0.2, 0) is 11.3 Å². The number of aryl methyl sites for hydroxylation is 2. The third-order valence-corrected chi connectivity index (χ3v) is 3.32. The summed E-state index contributed by atoms with van der Waals surface area (Å²) in [5.41, 5.74) is 2.32. The third kappa shape index (κ3) is 5.12. The minimum absolute atomic E-state index is 0.218. The van der Waals surface area contributed by atoms with Crippen molar-refractivity contribution >= 4 is 18.1 Å². The number of carboxylic acid groups (broad SMARTS) is 1. The molecule has 0 amide bonds. The minimum atomic E-state index is -0.746. The summed E-state index contributed by atoms with van der Waals surface area (Å²) in [4.78, 5) is 10.4. The van der Waals surface area contributed by atoms with E-state index in [1.807, 2.05) is 24.3 Å². The molecule has 0 aliphatic carbocycles. The number of rotatable bonds is 8. The first-order valence-electron chi connectivity index (χ1n) is 7.38. The number of carboxylic acids is 1. The van der Waals surface area contributed by atoms with Crippen LogP contribution in [0.2, 0.25) is 0 Å². The van der Waals surface area contributed by atoms with Crippen molar-refractivity contribution in [2.45, 2.75) is 39.2 Å². The Morgan fingerprint density at radius 1 is 1.18 bits per heavy atom. The van der Waals surface area contributed by atoms with Crippen LogP contribution >= 0.6 is 0 Å². The molecule has 0 radical (unpaired) electrons. The predicted octanol–water partition coefficient (Wildman–Crippen LogP) is 2.80. The molecule has 1 N–H and O–H groups in total. The van der Waals surface area contributed by atoms with E-state index < -0.39 is 5.97 Å². The van der Waals surface area contributed by atoms with Crippen LogP contribution in [0.1, 0.15) is 42.6 Å². The molecule has 116 valence electrons. The van der Waals surface area contributed by atoms with Crippen LogP contribution in [0.3, 0.4) is 0 Å². The zero-order chi connectivity index (χ0) is 15.8. The zero-order valence-electron chi connectivity index (χ0n) is 12.6. The summed E-state index contributed by atoms with van der Waals surface area (Å²) in [5, 5.41) is 20.2. The van der Waals surface area contributed by atoms with Gasteiger partial charge in [-0.05, 0) is 41.8 Å². The monoisotopic (exact) mass is 300 g/mol. The Morgan fingerprint density at radius 3 is 2.68 bits per heavy atom. The Kier molecular flexibility index (Phi) is 5.82. The minimum Gasteiger partial charge on any atom is -0.481 e. The van der Waals surface area contributed by atoms with Crippen LogP contribution in [0, 0.1) is 6.92 Å². The van der Waals surface area contributed by atoms with Crippen LogP contribution in [0.15, 0.2) is 24.3 Å². The molecule has 0 unspecified atom stereocenters. The highest BCUT2D eigenvalue weighted by Gasteiger charge is 2.03. The molecule has 0 saturated carbocycles. The number of unbranched alkanes of at least 4 members (excludes halogenated alkanes) is 2. The van der Waals surface area contributed by atoms with Crippen molar-refractivity contribution in [3.63, 3.8) is 0 Å². The van der Waals surface area contributed by atoms with Crippen LogP contribution < -0.4 is 0 Å². The highest BCUT2D eigenvalue weighted by Crippen LogP contribution is 2.08. The molecule has 1 aromatic carbocycles. The van der Waals surface area contributed by atoms with Crippen molar-refractivity contribution in [2.75, 3.05) is 0 Å². The van der Waals surface area contributed by atoms with E-state index in [0.29, 0.717) is 18.8 Å². The van der Waals surface area contributed by atoms with Gasteiger partial charge in [0.2, 0.25) is 0 Å². The molecule has 1 heterocycles. The average molecular weight is 300 g/mol. The molecule has 0 saturated heterocycles. The van der Waals surface area contributed by atoms with Crippen molar-refractivity contribution in [1.29, 1.82) is 0 Å². The van der Waals surface area contributed by atoms with Crippen LogP contribution in [0.4, 0.5) is 0 Å². The quantitative estimate of drug-likeness (QED) is 0.758. The SMILES string of the molecule is Cc1ccc(/C=C/c2nnnn2CCCCCC(=O)O)cc1. The lowest BCUT2D eigenvalue weighted by Gasteiger charge is -2.01. The molecule has 0 fully saturated rings. The lowest BCUT2D eigenvalue weighted by molar-refractivity contribution is -0.137. The first-order valence-corrected chi connectivity index (χ1v) is 7.38. The first kappa shape index (κ1) is 15.9. The van der Waals surface area contributed by atoms with Gasteiger partial charge in [0.1, 0.15) is 0 Å². The Morgan fingerprint density at radius 2 is 1.95 bits per heavy atom. The van der Waals surface area contributed by atoms with Gasteiger partial charge in [-0.15, -0.1) is 5.10 Å². The zero-order valence-corrected chi connectivity index (χ0v) is 12.6. The van der Waals surface area contributed by atoms with E-state index >= 15 is 0 Å². The molecule has 2 aromatic rings. The fourth-order valence-corrected chi connectivity index (χ4v) is 2.05. The fraction of sp³-hybridized carbons (Fsp3) is 0.375. The molecule has 2 rings (SSSR count). The standard InChI is InChI=1S/C16H20N4O2/c1-13-6-8-14(9-7-13)10-11-15-17-18-19-20(15)12-4-2-3-5-16(21)22/h6-11H,2-5,12H2,1H3,(H,21,22)/b11-10+. The van der Waals surface area contributed by atoms with Gasteiger partial charge in [0.05, 0.1) is 0 Å². The number of aromatic nitrogens is 4. The fourth-order valence-electron chi connectivity index (χ4n) is 2.05. The first-order chi connectivity index (χ1) is 10.6. The van der Waals surface area contributed by atoms with Gasteiger partial charge in [0.25, 0.3) is 0 Å². The van der Waals surface area contributed by atoms with E-state index in [2.05, 4.69) is 34.6 Å². The number of benzene rings is 1. The van der Waals surface area contributed by atoms with Gasteiger partial charge in [-0.2, -0.15) is 0 Å². The average Bonchev–Trinajstić information content (AvgIpc) is 2.93. The third-order valence-electron chi connectivity index (χ3n) is 3.32. The molecular formula is C16H20N4O2. The molecule has 6 heteroatoms. The van der Waals surface area contributed by atoms with Crippen molar-refractivity contribution in [1.82, 2.24) is 20.2 Å². The number of tetrazole rings is 1. The Hall–Kier alpha value is -2.50. The van der Waals surface area contributed by atoms with E-state index in [1.165, 1.54) is 5.56 Å². The summed E-state index contributed by atoms with van der Waals surface area (Å²) >= 11 is 0. The van der Waals surface area contributed by atoms with Gasteiger partial charge in [0, 0.05) is 13.0 Å².